The fraction of sp³-hybridized carbons (Fsp3) is 0.278. The number of aryl methyl sites for hydroxylation is 1. The van der Waals surface area contributed by atoms with Gasteiger partial charge in [-0.15, -0.1) is 0 Å². The van der Waals surface area contributed by atoms with Gasteiger partial charge in [0.2, 0.25) is 0 Å². The summed E-state index contributed by atoms with van der Waals surface area (Å²) in [4.78, 5) is 11.8. The third kappa shape index (κ3) is 5.30. The van der Waals surface area contributed by atoms with Crippen molar-refractivity contribution in [3.05, 3.63) is 65.2 Å². The lowest BCUT2D eigenvalue weighted by molar-refractivity contribution is 0.235. The molecule has 0 unspecified atom stereocenters. The second-order valence-electron chi connectivity index (χ2n) is 5.15. The first-order valence-corrected chi connectivity index (χ1v) is 7.58. The summed E-state index contributed by atoms with van der Waals surface area (Å²) in [6.45, 7) is 3.15. The number of rotatable bonds is 7. The highest BCUT2D eigenvalue weighted by molar-refractivity contribution is 5.73. The molecular formula is C18H22N2O3. The van der Waals surface area contributed by atoms with Gasteiger partial charge in [-0.25, -0.2) is 4.79 Å². The van der Waals surface area contributed by atoms with Gasteiger partial charge in [0.1, 0.15) is 12.4 Å². The second kappa shape index (κ2) is 8.80. The highest BCUT2D eigenvalue weighted by Crippen LogP contribution is 2.15. The van der Waals surface area contributed by atoms with Crippen molar-refractivity contribution >= 4 is 6.03 Å². The molecule has 0 radical (unpaired) electrons. The molecule has 0 fully saturated rings. The fourth-order valence-electron chi connectivity index (χ4n) is 2.17. The Morgan fingerprint density at radius 2 is 1.74 bits per heavy atom. The number of nitrogens with one attached hydrogen (secondary N) is 2. The maximum atomic E-state index is 11.8. The predicted octanol–water partition coefficient (Wildman–Crippen LogP) is 2.37. The molecule has 0 spiro atoms. The van der Waals surface area contributed by atoms with Crippen LogP contribution >= 0.6 is 0 Å². The van der Waals surface area contributed by atoms with E-state index in [1.165, 1.54) is 0 Å². The number of hydrogen-bond acceptors (Lipinski definition) is 3. The van der Waals surface area contributed by atoms with E-state index < -0.39 is 0 Å². The van der Waals surface area contributed by atoms with Crippen LogP contribution in [0.2, 0.25) is 0 Å². The zero-order valence-corrected chi connectivity index (χ0v) is 13.2. The van der Waals surface area contributed by atoms with E-state index in [-0.39, 0.29) is 12.6 Å². The summed E-state index contributed by atoms with van der Waals surface area (Å²) in [7, 11) is 0. The summed E-state index contributed by atoms with van der Waals surface area (Å²) in [5.74, 6) is 0.826. The quantitative estimate of drug-likeness (QED) is 0.687. The third-order valence-electron chi connectivity index (χ3n) is 3.47. The van der Waals surface area contributed by atoms with E-state index in [0.717, 1.165) is 22.4 Å². The normalized spacial score (nSPS) is 10.2. The van der Waals surface area contributed by atoms with Gasteiger partial charge >= 0.3 is 6.03 Å². The number of aliphatic hydroxyl groups is 1. The Bertz CT molecular complexity index is 644. The molecule has 2 amide bonds. The summed E-state index contributed by atoms with van der Waals surface area (Å²) in [5, 5.41) is 14.8. The number of carbonyl (C=O) groups excluding carboxylic acids is 1. The smallest absolute Gasteiger partial charge is 0.315 e. The molecule has 0 atom stereocenters. The van der Waals surface area contributed by atoms with Crippen molar-refractivity contribution in [2.45, 2.75) is 20.1 Å². The Labute approximate surface area is 136 Å². The summed E-state index contributed by atoms with van der Waals surface area (Å²) in [6.07, 6.45) is 0. The fourth-order valence-corrected chi connectivity index (χ4v) is 2.17. The molecule has 0 aromatic heterocycles. The number of amides is 2. The molecule has 23 heavy (non-hydrogen) atoms. The van der Waals surface area contributed by atoms with Crippen LogP contribution in [-0.2, 0) is 13.2 Å². The highest BCUT2D eigenvalue weighted by Gasteiger charge is 2.04. The molecule has 5 heteroatoms. The van der Waals surface area contributed by atoms with Gasteiger partial charge < -0.3 is 20.5 Å². The van der Waals surface area contributed by atoms with Crippen LogP contribution in [0.4, 0.5) is 4.79 Å². The van der Waals surface area contributed by atoms with Crippen LogP contribution in [0.1, 0.15) is 16.7 Å². The van der Waals surface area contributed by atoms with Crippen molar-refractivity contribution in [3.8, 4) is 5.75 Å². The van der Waals surface area contributed by atoms with Gasteiger partial charge in [0.25, 0.3) is 0 Å². The lowest BCUT2D eigenvalue weighted by Crippen LogP contribution is -2.37. The number of benzene rings is 2. The van der Waals surface area contributed by atoms with Crippen LogP contribution in [0.15, 0.2) is 48.5 Å². The van der Waals surface area contributed by atoms with E-state index in [4.69, 9.17) is 4.74 Å². The van der Waals surface area contributed by atoms with E-state index in [0.29, 0.717) is 19.7 Å². The number of para-hydroxylation sites is 1. The van der Waals surface area contributed by atoms with Crippen LogP contribution < -0.4 is 15.4 Å². The first-order valence-electron chi connectivity index (χ1n) is 7.58. The molecule has 5 nitrogen and oxygen atoms in total. The second-order valence-corrected chi connectivity index (χ2v) is 5.15. The molecule has 0 aliphatic heterocycles. The van der Waals surface area contributed by atoms with E-state index in [1.54, 1.807) is 0 Å². The summed E-state index contributed by atoms with van der Waals surface area (Å²) in [6, 6.07) is 15.0. The van der Waals surface area contributed by atoms with E-state index in [1.807, 2.05) is 55.5 Å². The van der Waals surface area contributed by atoms with Crippen LogP contribution in [0.5, 0.6) is 5.75 Å². The van der Waals surface area contributed by atoms with Crippen molar-refractivity contribution in [1.29, 1.82) is 0 Å². The molecular weight excluding hydrogens is 292 g/mol. The van der Waals surface area contributed by atoms with Crippen LogP contribution in [0.25, 0.3) is 0 Å². The van der Waals surface area contributed by atoms with Crippen molar-refractivity contribution in [3.63, 3.8) is 0 Å². The van der Waals surface area contributed by atoms with Gasteiger partial charge in [0.15, 0.2) is 0 Å². The minimum absolute atomic E-state index is 0.0380. The molecule has 2 aromatic carbocycles. The standard InChI is InChI=1S/C18H22N2O3/c1-14-6-2-5-9-17(14)23-11-10-19-18(22)20-12-15-7-3-4-8-16(15)13-21/h2-9,21H,10-13H2,1H3,(H2,19,20,22). The molecule has 0 heterocycles. The summed E-state index contributed by atoms with van der Waals surface area (Å²) in [5.41, 5.74) is 2.79. The zero-order valence-electron chi connectivity index (χ0n) is 13.2. The SMILES string of the molecule is Cc1ccccc1OCCNC(=O)NCc1ccccc1CO. The van der Waals surface area contributed by atoms with Crippen molar-refractivity contribution in [2.75, 3.05) is 13.2 Å². The molecule has 0 bridgehead atoms. The van der Waals surface area contributed by atoms with E-state index in [9.17, 15) is 9.90 Å². The maximum absolute atomic E-state index is 11.8. The van der Waals surface area contributed by atoms with Crippen LogP contribution in [-0.4, -0.2) is 24.3 Å². The van der Waals surface area contributed by atoms with E-state index >= 15 is 0 Å². The minimum atomic E-state index is -0.258. The molecule has 3 N–H and O–H groups in total. The summed E-state index contributed by atoms with van der Waals surface area (Å²) >= 11 is 0. The van der Waals surface area contributed by atoms with Gasteiger partial charge in [-0.3, -0.25) is 0 Å². The molecule has 0 saturated carbocycles. The number of hydrogen-bond donors (Lipinski definition) is 3. The number of ether oxygens (including phenoxy) is 1. The highest BCUT2D eigenvalue weighted by atomic mass is 16.5. The predicted molar refractivity (Wildman–Crippen MR) is 89.3 cm³/mol. The Kier molecular flexibility index (Phi) is 6.44. The Balaban J connectivity index is 1.68. The third-order valence-corrected chi connectivity index (χ3v) is 3.47. The van der Waals surface area contributed by atoms with Crippen LogP contribution in [0, 0.1) is 6.92 Å². The number of urea groups is 1. The number of carbonyl (C=O) groups is 1. The molecule has 2 aromatic rings. The van der Waals surface area contributed by atoms with Gasteiger partial charge in [-0.05, 0) is 29.7 Å². The Morgan fingerprint density at radius 3 is 2.48 bits per heavy atom. The van der Waals surface area contributed by atoms with E-state index in [2.05, 4.69) is 10.6 Å². The van der Waals surface area contributed by atoms with Crippen LogP contribution in [0.3, 0.4) is 0 Å². The average molecular weight is 314 g/mol. The molecule has 122 valence electrons. The van der Waals surface area contributed by atoms with Crippen molar-refractivity contribution < 1.29 is 14.6 Å². The minimum Gasteiger partial charge on any atom is -0.491 e. The topological polar surface area (TPSA) is 70.6 Å². The first-order chi connectivity index (χ1) is 11.2. The van der Waals surface area contributed by atoms with Gasteiger partial charge in [0.05, 0.1) is 13.2 Å². The Hall–Kier alpha value is -2.53. The molecule has 0 aliphatic carbocycles. The average Bonchev–Trinajstić information content (AvgIpc) is 2.58. The van der Waals surface area contributed by atoms with Gasteiger partial charge in [0, 0.05) is 6.54 Å². The summed E-state index contributed by atoms with van der Waals surface area (Å²) < 4.78 is 5.61. The lowest BCUT2D eigenvalue weighted by Gasteiger charge is -2.11. The molecule has 0 aliphatic rings. The van der Waals surface area contributed by atoms with Crippen molar-refractivity contribution in [1.82, 2.24) is 10.6 Å². The Morgan fingerprint density at radius 1 is 1.04 bits per heavy atom. The first kappa shape index (κ1) is 16.8. The van der Waals surface area contributed by atoms with Gasteiger partial charge in [-0.2, -0.15) is 0 Å². The maximum Gasteiger partial charge on any atom is 0.315 e. The van der Waals surface area contributed by atoms with Crippen molar-refractivity contribution in [2.24, 2.45) is 0 Å². The van der Waals surface area contributed by atoms with Gasteiger partial charge in [-0.1, -0.05) is 42.5 Å². The largest absolute Gasteiger partial charge is 0.491 e. The monoisotopic (exact) mass is 314 g/mol. The molecule has 2 rings (SSSR count). The molecule has 0 saturated heterocycles. The lowest BCUT2D eigenvalue weighted by atomic mass is 10.1. The zero-order chi connectivity index (χ0) is 16.5. The number of aliphatic hydroxyl groups excluding tert-OH is 1.